The van der Waals surface area contributed by atoms with Crippen LogP contribution in [0.4, 0.5) is 11.4 Å². The Hall–Kier alpha value is -4.32. The van der Waals surface area contributed by atoms with E-state index in [0.717, 1.165) is 10.8 Å². The maximum atomic E-state index is 12.8. The lowest BCUT2D eigenvalue weighted by molar-refractivity contribution is -0.384. The lowest BCUT2D eigenvalue weighted by atomic mass is 10.0. The third-order valence-corrected chi connectivity index (χ3v) is 4.97. The molecule has 0 radical (unpaired) electrons. The van der Waals surface area contributed by atoms with Crippen LogP contribution >= 0.6 is 0 Å². The van der Waals surface area contributed by atoms with Crippen LogP contribution in [-0.2, 0) is 6.42 Å². The second kappa shape index (κ2) is 8.59. The third kappa shape index (κ3) is 4.48. The third-order valence-electron chi connectivity index (χ3n) is 4.97. The van der Waals surface area contributed by atoms with Crippen LogP contribution in [-0.4, -0.2) is 16.6 Å². The van der Waals surface area contributed by atoms with Gasteiger partial charge in [-0.25, -0.2) is 0 Å². The number of fused-ring (bicyclic) bond motifs is 1. The van der Waals surface area contributed by atoms with Crippen molar-refractivity contribution >= 4 is 33.8 Å². The molecule has 4 aromatic carbocycles. The fourth-order valence-electron chi connectivity index (χ4n) is 3.43. The predicted octanol–water partition coefficient (Wildman–Crippen LogP) is 5.43. The Kier molecular flexibility index (Phi) is 5.53. The summed E-state index contributed by atoms with van der Waals surface area (Å²) in [6.45, 7) is 0. The van der Waals surface area contributed by atoms with Gasteiger partial charge < -0.3 is 5.32 Å². The van der Waals surface area contributed by atoms with Gasteiger partial charge in [-0.2, -0.15) is 0 Å². The van der Waals surface area contributed by atoms with E-state index < -0.39 is 4.92 Å². The summed E-state index contributed by atoms with van der Waals surface area (Å²) in [5.41, 5.74) is 1.93. The van der Waals surface area contributed by atoms with Crippen molar-refractivity contribution in [2.24, 2.45) is 0 Å². The summed E-state index contributed by atoms with van der Waals surface area (Å²) in [4.78, 5) is 35.8. The number of carbonyl (C=O) groups excluding carboxylic acids is 2. The van der Waals surface area contributed by atoms with Crippen LogP contribution in [0.2, 0.25) is 0 Å². The minimum absolute atomic E-state index is 0.0382. The van der Waals surface area contributed by atoms with E-state index >= 15 is 0 Å². The normalized spacial score (nSPS) is 10.6. The number of carbonyl (C=O) groups is 2. The Morgan fingerprint density at radius 3 is 2.35 bits per heavy atom. The number of amides is 1. The summed E-state index contributed by atoms with van der Waals surface area (Å²) in [5.74, 6) is -0.531. The van der Waals surface area contributed by atoms with Crippen LogP contribution < -0.4 is 5.32 Å². The average molecular weight is 410 g/mol. The van der Waals surface area contributed by atoms with E-state index in [2.05, 4.69) is 5.32 Å². The van der Waals surface area contributed by atoms with Crippen LogP contribution in [0, 0.1) is 10.1 Å². The van der Waals surface area contributed by atoms with Gasteiger partial charge >= 0.3 is 0 Å². The lowest BCUT2D eigenvalue weighted by Gasteiger charge is -2.10. The Labute approximate surface area is 178 Å². The molecular formula is C25H18N2O4. The fourth-order valence-corrected chi connectivity index (χ4v) is 3.43. The highest BCUT2D eigenvalue weighted by Crippen LogP contribution is 2.24. The molecule has 0 bridgehead atoms. The number of nitro benzene ring substituents is 1. The second-order valence-corrected chi connectivity index (χ2v) is 7.09. The van der Waals surface area contributed by atoms with E-state index in [1.807, 2.05) is 42.5 Å². The maximum Gasteiger partial charge on any atom is 0.270 e. The summed E-state index contributed by atoms with van der Waals surface area (Å²) in [5, 5.41) is 15.8. The van der Waals surface area contributed by atoms with E-state index in [0.29, 0.717) is 16.8 Å². The second-order valence-electron chi connectivity index (χ2n) is 7.09. The van der Waals surface area contributed by atoms with Gasteiger partial charge in [0.25, 0.3) is 11.6 Å². The summed E-state index contributed by atoms with van der Waals surface area (Å²) < 4.78 is 0. The summed E-state index contributed by atoms with van der Waals surface area (Å²) in [7, 11) is 0. The zero-order valence-electron chi connectivity index (χ0n) is 16.4. The fraction of sp³-hybridized carbons (Fsp3) is 0.0400. The van der Waals surface area contributed by atoms with Crippen molar-refractivity contribution in [1.29, 1.82) is 0 Å². The van der Waals surface area contributed by atoms with E-state index in [9.17, 15) is 19.7 Å². The number of benzene rings is 4. The van der Waals surface area contributed by atoms with Crippen molar-refractivity contribution in [3.05, 3.63) is 118 Å². The average Bonchev–Trinajstić information content (AvgIpc) is 2.79. The minimum atomic E-state index is -0.533. The van der Waals surface area contributed by atoms with Crippen molar-refractivity contribution in [2.45, 2.75) is 6.42 Å². The molecule has 4 rings (SSSR count). The molecule has 0 aliphatic carbocycles. The molecule has 0 saturated heterocycles. The summed E-state index contributed by atoms with van der Waals surface area (Å²) >= 11 is 0. The zero-order valence-corrected chi connectivity index (χ0v) is 16.4. The monoisotopic (exact) mass is 410 g/mol. The number of non-ortho nitro benzene ring substituents is 1. The molecule has 0 atom stereocenters. The molecule has 0 heterocycles. The molecule has 0 spiro atoms. The first-order chi connectivity index (χ1) is 15.0. The molecule has 0 aliphatic rings. The standard InChI is InChI=1S/C25H18N2O4/c28-24(19-9-4-11-21(16-19)27(30)31)15-17-6-3-10-20(14-17)25(29)26-23-13-5-8-18-7-1-2-12-22(18)23/h1-14,16H,15H2,(H,26,29). The molecule has 0 saturated carbocycles. The number of anilines is 1. The summed E-state index contributed by atoms with van der Waals surface area (Å²) in [6.07, 6.45) is 0.0382. The van der Waals surface area contributed by atoms with Crippen molar-refractivity contribution in [1.82, 2.24) is 0 Å². The van der Waals surface area contributed by atoms with E-state index in [-0.39, 0.29) is 29.4 Å². The van der Waals surface area contributed by atoms with Crippen molar-refractivity contribution < 1.29 is 14.5 Å². The number of ketones is 1. The van der Waals surface area contributed by atoms with Gasteiger partial charge in [0.2, 0.25) is 0 Å². The molecule has 1 amide bonds. The number of nitro groups is 1. The number of nitrogens with zero attached hydrogens (tertiary/aromatic N) is 1. The topological polar surface area (TPSA) is 89.3 Å². The first-order valence-corrected chi connectivity index (χ1v) is 9.67. The van der Waals surface area contributed by atoms with Crippen LogP contribution in [0.5, 0.6) is 0 Å². The first-order valence-electron chi connectivity index (χ1n) is 9.67. The Morgan fingerprint density at radius 1 is 0.806 bits per heavy atom. The quantitative estimate of drug-likeness (QED) is 0.261. The van der Waals surface area contributed by atoms with Crippen molar-refractivity contribution in [3.63, 3.8) is 0 Å². The van der Waals surface area contributed by atoms with Crippen LogP contribution in [0.3, 0.4) is 0 Å². The van der Waals surface area contributed by atoms with Crippen molar-refractivity contribution in [2.75, 3.05) is 5.32 Å². The number of rotatable bonds is 6. The van der Waals surface area contributed by atoms with Crippen LogP contribution in [0.15, 0.2) is 91.0 Å². The molecule has 1 N–H and O–H groups in total. The highest BCUT2D eigenvalue weighted by Gasteiger charge is 2.14. The Balaban J connectivity index is 1.52. The minimum Gasteiger partial charge on any atom is -0.321 e. The number of Topliss-reactive ketones (excluding diaryl/α,β-unsaturated/α-hetero) is 1. The Bertz CT molecular complexity index is 1310. The highest BCUT2D eigenvalue weighted by molar-refractivity contribution is 6.09. The first kappa shape index (κ1) is 20.0. The molecule has 152 valence electrons. The van der Waals surface area contributed by atoms with Crippen LogP contribution in [0.1, 0.15) is 26.3 Å². The van der Waals surface area contributed by atoms with Gasteiger partial charge in [0.1, 0.15) is 0 Å². The number of hydrogen-bond donors (Lipinski definition) is 1. The highest BCUT2D eigenvalue weighted by atomic mass is 16.6. The number of nitrogens with one attached hydrogen (secondary N) is 1. The predicted molar refractivity (Wildman–Crippen MR) is 119 cm³/mol. The zero-order chi connectivity index (χ0) is 21.8. The van der Waals surface area contributed by atoms with E-state index in [1.54, 1.807) is 30.3 Å². The van der Waals surface area contributed by atoms with Crippen LogP contribution in [0.25, 0.3) is 10.8 Å². The van der Waals surface area contributed by atoms with Crippen molar-refractivity contribution in [3.8, 4) is 0 Å². The van der Waals surface area contributed by atoms with Gasteiger partial charge in [0.15, 0.2) is 5.78 Å². The molecule has 6 nitrogen and oxygen atoms in total. The molecule has 4 aromatic rings. The molecule has 0 aliphatic heterocycles. The van der Waals surface area contributed by atoms with Gasteiger partial charge in [-0.15, -0.1) is 0 Å². The van der Waals surface area contributed by atoms with Gasteiger partial charge in [0, 0.05) is 40.8 Å². The molecule has 0 unspecified atom stereocenters. The Morgan fingerprint density at radius 2 is 1.52 bits per heavy atom. The summed E-state index contributed by atoms with van der Waals surface area (Å²) in [6, 6.07) is 25.9. The maximum absolute atomic E-state index is 12.8. The van der Waals surface area contributed by atoms with E-state index in [4.69, 9.17) is 0 Å². The van der Waals surface area contributed by atoms with Gasteiger partial charge in [-0.3, -0.25) is 19.7 Å². The lowest BCUT2D eigenvalue weighted by Crippen LogP contribution is -2.13. The smallest absolute Gasteiger partial charge is 0.270 e. The molecule has 0 aromatic heterocycles. The molecule has 6 heteroatoms. The SMILES string of the molecule is O=C(Cc1cccc(C(=O)Nc2cccc3ccccc23)c1)c1cccc([N+](=O)[O-])c1. The van der Waals surface area contributed by atoms with E-state index in [1.165, 1.54) is 18.2 Å². The molecule has 31 heavy (non-hydrogen) atoms. The molecule has 0 fully saturated rings. The largest absolute Gasteiger partial charge is 0.321 e. The molecular weight excluding hydrogens is 392 g/mol. The number of hydrogen-bond acceptors (Lipinski definition) is 4. The van der Waals surface area contributed by atoms with Gasteiger partial charge in [-0.1, -0.05) is 60.7 Å². The van der Waals surface area contributed by atoms with Gasteiger partial charge in [0.05, 0.1) is 4.92 Å². The van der Waals surface area contributed by atoms with Gasteiger partial charge in [-0.05, 0) is 29.1 Å².